The molecular weight excluding hydrogens is 300 g/mol. The van der Waals surface area contributed by atoms with Crippen molar-refractivity contribution in [3.63, 3.8) is 0 Å². The number of carbonyl (C=O) groups is 4. The molecule has 1 spiro atoms. The van der Waals surface area contributed by atoms with Gasteiger partial charge in [-0.05, 0) is 30.4 Å². The molecular formula is C15H16N4O4. The Bertz CT molecular complexity index is 717. The predicted octanol–water partition coefficient (Wildman–Crippen LogP) is -0.0351. The molecule has 1 aliphatic carbocycles. The largest absolute Gasteiger partial charge is 0.351 e. The lowest BCUT2D eigenvalue weighted by Crippen LogP contribution is -2.48. The molecule has 0 aromatic heterocycles. The van der Waals surface area contributed by atoms with E-state index in [1.54, 1.807) is 0 Å². The Morgan fingerprint density at radius 1 is 1.30 bits per heavy atom. The first-order valence-corrected chi connectivity index (χ1v) is 7.26. The first-order chi connectivity index (χ1) is 10.9. The fraction of sp³-hybridized carbons (Fsp3) is 0.333. The van der Waals surface area contributed by atoms with E-state index in [2.05, 4.69) is 5.32 Å². The van der Waals surface area contributed by atoms with Crippen LogP contribution in [-0.4, -0.2) is 35.3 Å². The summed E-state index contributed by atoms with van der Waals surface area (Å²) in [6.07, 6.45) is 2.07. The van der Waals surface area contributed by atoms with Gasteiger partial charge in [-0.3, -0.25) is 19.8 Å². The maximum Gasteiger partial charge on any atom is 0.325 e. The maximum absolute atomic E-state index is 12.8. The Labute approximate surface area is 132 Å². The van der Waals surface area contributed by atoms with E-state index in [1.807, 2.05) is 29.6 Å². The van der Waals surface area contributed by atoms with Crippen molar-refractivity contribution in [3.05, 3.63) is 35.4 Å². The highest BCUT2D eigenvalue weighted by molar-refractivity contribution is 6.10. The van der Waals surface area contributed by atoms with Crippen LogP contribution in [0, 0.1) is 0 Å². The van der Waals surface area contributed by atoms with Crippen LogP contribution in [0.2, 0.25) is 0 Å². The Morgan fingerprint density at radius 2 is 2.04 bits per heavy atom. The minimum absolute atomic E-state index is 0.475. The van der Waals surface area contributed by atoms with Crippen LogP contribution in [0.25, 0.3) is 0 Å². The quantitative estimate of drug-likeness (QED) is 0.663. The number of aryl methyl sites for hydroxylation is 1. The molecule has 1 aromatic rings. The molecule has 6 amide bonds. The van der Waals surface area contributed by atoms with Gasteiger partial charge in [0.15, 0.2) is 0 Å². The van der Waals surface area contributed by atoms with Crippen molar-refractivity contribution in [2.75, 3.05) is 6.54 Å². The smallest absolute Gasteiger partial charge is 0.325 e. The van der Waals surface area contributed by atoms with Gasteiger partial charge >= 0.3 is 12.1 Å². The number of primary amides is 1. The van der Waals surface area contributed by atoms with Gasteiger partial charge in [-0.1, -0.05) is 24.3 Å². The van der Waals surface area contributed by atoms with Gasteiger partial charge in [0, 0.05) is 0 Å². The zero-order valence-corrected chi connectivity index (χ0v) is 12.3. The lowest BCUT2D eigenvalue weighted by Gasteiger charge is -2.33. The van der Waals surface area contributed by atoms with E-state index >= 15 is 0 Å². The normalized spacial score (nSPS) is 22.7. The molecule has 0 unspecified atom stereocenters. The summed E-state index contributed by atoms with van der Waals surface area (Å²) in [5, 5.41) is 4.57. The van der Waals surface area contributed by atoms with Crippen molar-refractivity contribution in [3.8, 4) is 0 Å². The molecule has 1 heterocycles. The van der Waals surface area contributed by atoms with Gasteiger partial charge in [-0.15, -0.1) is 0 Å². The number of nitrogens with zero attached hydrogens (tertiary/aromatic N) is 1. The number of benzene rings is 1. The van der Waals surface area contributed by atoms with E-state index < -0.39 is 36.0 Å². The summed E-state index contributed by atoms with van der Waals surface area (Å²) in [4.78, 5) is 48.2. The molecule has 8 nitrogen and oxygen atoms in total. The van der Waals surface area contributed by atoms with Gasteiger partial charge in [0.2, 0.25) is 5.91 Å². The molecule has 23 heavy (non-hydrogen) atoms. The van der Waals surface area contributed by atoms with E-state index in [0.717, 1.165) is 28.9 Å². The van der Waals surface area contributed by atoms with Crippen LogP contribution in [0.15, 0.2) is 24.3 Å². The Balaban J connectivity index is 1.90. The second kappa shape index (κ2) is 5.38. The molecule has 1 aliphatic heterocycles. The number of urea groups is 2. The third kappa shape index (κ3) is 2.41. The second-order valence-electron chi connectivity index (χ2n) is 5.65. The summed E-state index contributed by atoms with van der Waals surface area (Å²) >= 11 is 0. The summed E-state index contributed by atoms with van der Waals surface area (Å²) < 4.78 is 0. The Hall–Kier alpha value is -2.90. The van der Waals surface area contributed by atoms with E-state index in [-0.39, 0.29) is 0 Å². The van der Waals surface area contributed by atoms with E-state index in [1.165, 1.54) is 0 Å². The lowest BCUT2D eigenvalue weighted by atomic mass is 9.76. The third-order valence-corrected chi connectivity index (χ3v) is 4.22. The van der Waals surface area contributed by atoms with Gasteiger partial charge < -0.3 is 11.1 Å². The second-order valence-corrected chi connectivity index (χ2v) is 5.65. The van der Waals surface area contributed by atoms with Crippen molar-refractivity contribution in [2.24, 2.45) is 5.73 Å². The number of amides is 6. The van der Waals surface area contributed by atoms with E-state index in [9.17, 15) is 19.2 Å². The van der Waals surface area contributed by atoms with Crippen LogP contribution in [0.5, 0.6) is 0 Å². The average Bonchev–Trinajstić information content (AvgIpc) is 2.72. The fourth-order valence-corrected chi connectivity index (χ4v) is 3.28. The van der Waals surface area contributed by atoms with Crippen LogP contribution in [0.4, 0.5) is 9.59 Å². The number of imide groups is 2. The summed E-state index contributed by atoms with van der Waals surface area (Å²) in [7, 11) is 0. The van der Waals surface area contributed by atoms with Gasteiger partial charge in [0.1, 0.15) is 12.1 Å². The highest BCUT2D eigenvalue weighted by Crippen LogP contribution is 2.39. The highest BCUT2D eigenvalue weighted by Gasteiger charge is 2.54. The number of rotatable bonds is 2. The minimum Gasteiger partial charge on any atom is -0.351 e. The van der Waals surface area contributed by atoms with Crippen molar-refractivity contribution in [1.29, 1.82) is 0 Å². The highest BCUT2D eigenvalue weighted by atomic mass is 16.2. The predicted molar refractivity (Wildman–Crippen MR) is 79.0 cm³/mol. The molecule has 4 N–H and O–H groups in total. The standard InChI is InChI=1S/C15H16N4O4/c16-13(22)17-11(20)8-19-12(21)15(18-14(19)23)7-3-5-9-4-1-2-6-10(9)15/h1-2,4,6H,3,5,7-8H2,(H,18,23)(H3,16,17,20,22)/t15-/m1/s1. The van der Waals surface area contributed by atoms with Crippen LogP contribution >= 0.6 is 0 Å². The lowest BCUT2D eigenvalue weighted by molar-refractivity contribution is -0.135. The molecule has 0 bridgehead atoms. The van der Waals surface area contributed by atoms with E-state index in [0.29, 0.717) is 6.42 Å². The van der Waals surface area contributed by atoms with Crippen LogP contribution in [0.3, 0.4) is 0 Å². The maximum atomic E-state index is 12.8. The molecule has 0 saturated carbocycles. The van der Waals surface area contributed by atoms with Crippen molar-refractivity contribution < 1.29 is 19.2 Å². The van der Waals surface area contributed by atoms with Crippen LogP contribution in [0.1, 0.15) is 24.0 Å². The number of fused-ring (bicyclic) bond motifs is 2. The number of hydrogen-bond acceptors (Lipinski definition) is 4. The molecule has 0 radical (unpaired) electrons. The topological polar surface area (TPSA) is 122 Å². The Kier molecular flexibility index (Phi) is 3.51. The van der Waals surface area contributed by atoms with Crippen LogP contribution in [-0.2, 0) is 21.5 Å². The molecule has 8 heteroatoms. The minimum atomic E-state index is -1.13. The molecule has 2 aliphatic rings. The Morgan fingerprint density at radius 3 is 2.78 bits per heavy atom. The number of carbonyl (C=O) groups excluding carboxylic acids is 4. The first-order valence-electron chi connectivity index (χ1n) is 7.26. The van der Waals surface area contributed by atoms with Crippen molar-refractivity contribution >= 4 is 23.9 Å². The number of nitrogens with one attached hydrogen (secondary N) is 2. The average molecular weight is 316 g/mol. The fourth-order valence-electron chi connectivity index (χ4n) is 3.28. The summed E-state index contributed by atoms with van der Waals surface area (Å²) in [6, 6.07) is 5.77. The van der Waals surface area contributed by atoms with Crippen molar-refractivity contribution in [2.45, 2.75) is 24.8 Å². The number of hydrogen-bond donors (Lipinski definition) is 3. The SMILES string of the molecule is NC(=O)NC(=O)CN1C(=O)N[C@@]2(CCCc3ccccc32)C1=O. The summed E-state index contributed by atoms with van der Waals surface area (Å²) in [6.45, 7) is -0.544. The van der Waals surface area contributed by atoms with Gasteiger partial charge in [0.25, 0.3) is 5.91 Å². The molecule has 1 saturated heterocycles. The van der Waals surface area contributed by atoms with Crippen molar-refractivity contribution in [1.82, 2.24) is 15.5 Å². The van der Waals surface area contributed by atoms with Gasteiger partial charge in [-0.2, -0.15) is 0 Å². The monoisotopic (exact) mass is 316 g/mol. The first kappa shape index (κ1) is 15.0. The molecule has 1 atom stereocenters. The third-order valence-electron chi connectivity index (χ3n) is 4.22. The zero-order valence-electron chi connectivity index (χ0n) is 12.3. The molecule has 1 fully saturated rings. The van der Waals surface area contributed by atoms with Gasteiger partial charge in [0.05, 0.1) is 0 Å². The summed E-state index contributed by atoms with van der Waals surface area (Å²) in [5.74, 6) is -1.28. The summed E-state index contributed by atoms with van der Waals surface area (Å²) in [5.41, 5.74) is 5.51. The zero-order chi connectivity index (χ0) is 16.6. The molecule has 3 rings (SSSR count). The molecule has 1 aromatic carbocycles. The van der Waals surface area contributed by atoms with Crippen LogP contribution < -0.4 is 16.4 Å². The number of nitrogens with two attached hydrogens (primary N) is 1. The van der Waals surface area contributed by atoms with E-state index in [4.69, 9.17) is 5.73 Å². The molecule has 120 valence electrons. The van der Waals surface area contributed by atoms with Gasteiger partial charge in [-0.25, -0.2) is 9.59 Å².